The summed E-state index contributed by atoms with van der Waals surface area (Å²) in [7, 11) is 0.958. The van der Waals surface area contributed by atoms with Crippen LogP contribution in [0.3, 0.4) is 0 Å². The van der Waals surface area contributed by atoms with Crippen LogP contribution < -0.4 is 5.30 Å². The van der Waals surface area contributed by atoms with Gasteiger partial charge in [0.05, 0.1) is 0 Å². The molecular formula is C13H17P. The summed E-state index contributed by atoms with van der Waals surface area (Å²) in [4.78, 5) is 0. The highest BCUT2D eigenvalue weighted by Gasteiger charge is 2.20. The monoisotopic (exact) mass is 204 g/mol. The lowest BCUT2D eigenvalue weighted by Gasteiger charge is -2.17. The zero-order valence-corrected chi connectivity index (χ0v) is 9.61. The van der Waals surface area contributed by atoms with E-state index in [0.717, 1.165) is 20.2 Å². The van der Waals surface area contributed by atoms with Crippen LogP contribution in [0.5, 0.6) is 0 Å². The minimum absolute atomic E-state index is 0.808. The lowest BCUT2D eigenvalue weighted by atomic mass is 10.0. The molecule has 0 N–H and O–H groups in total. The number of rotatable bonds is 3. The summed E-state index contributed by atoms with van der Waals surface area (Å²) in [5.41, 5.74) is 0.808. The van der Waals surface area contributed by atoms with Crippen LogP contribution in [-0.4, -0.2) is 5.66 Å². The zero-order valence-electron chi connectivity index (χ0n) is 8.61. The largest absolute Gasteiger partial charge is 0.0876 e. The highest BCUT2D eigenvalue weighted by Crippen LogP contribution is 2.35. The molecule has 1 aromatic carbocycles. The number of allylic oxidation sites excluding steroid dienone is 2. The molecule has 0 saturated carbocycles. The molecule has 14 heavy (non-hydrogen) atoms. The fourth-order valence-electron chi connectivity index (χ4n) is 2.02. The van der Waals surface area contributed by atoms with E-state index < -0.39 is 0 Å². The molecule has 1 aliphatic carbocycles. The van der Waals surface area contributed by atoms with Crippen molar-refractivity contribution in [1.29, 1.82) is 0 Å². The van der Waals surface area contributed by atoms with Crippen LogP contribution >= 0.6 is 8.58 Å². The molecule has 3 atom stereocenters. The van der Waals surface area contributed by atoms with Crippen LogP contribution in [-0.2, 0) is 0 Å². The second-order valence-corrected chi connectivity index (χ2v) is 5.40. The summed E-state index contributed by atoms with van der Waals surface area (Å²) in [6.07, 6.45) is 7.38. The third kappa shape index (κ3) is 2.25. The smallest absolute Gasteiger partial charge is 0.00144 e. The molecule has 0 bridgehead atoms. The zero-order chi connectivity index (χ0) is 9.80. The van der Waals surface area contributed by atoms with Crippen LogP contribution in [0.2, 0.25) is 0 Å². The van der Waals surface area contributed by atoms with Gasteiger partial charge in [-0.3, -0.25) is 0 Å². The van der Waals surface area contributed by atoms with E-state index in [-0.39, 0.29) is 0 Å². The molecule has 0 amide bonds. The Morgan fingerprint density at radius 3 is 2.79 bits per heavy atom. The average molecular weight is 204 g/mol. The lowest BCUT2D eigenvalue weighted by molar-refractivity contribution is 0.560. The fraction of sp³-hybridized carbons (Fsp3) is 0.385. The number of benzene rings is 1. The third-order valence-electron chi connectivity index (χ3n) is 2.92. The summed E-state index contributed by atoms with van der Waals surface area (Å²) in [5, 5.41) is 1.50. The molecule has 1 heteroatoms. The van der Waals surface area contributed by atoms with E-state index in [1.165, 1.54) is 18.1 Å². The Morgan fingerprint density at radius 1 is 1.29 bits per heavy atom. The average Bonchev–Trinajstić information content (AvgIpc) is 2.67. The molecular weight excluding hydrogens is 187 g/mol. The number of hydrogen-bond donors (Lipinski definition) is 0. The van der Waals surface area contributed by atoms with Gasteiger partial charge in [-0.2, -0.15) is 0 Å². The van der Waals surface area contributed by atoms with E-state index >= 15 is 0 Å². The molecule has 0 aromatic heterocycles. The minimum Gasteiger partial charge on any atom is -0.0876 e. The van der Waals surface area contributed by atoms with Crippen LogP contribution in [0.1, 0.15) is 19.8 Å². The molecule has 0 aliphatic heterocycles. The summed E-state index contributed by atoms with van der Waals surface area (Å²) in [6, 6.07) is 10.9. The van der Waals surface area contributed by atoms with Crippen molar-refractivity contribution in [2.24, 2.45) is 5.92 Å². The Bertz CT molecular complexity index is 302. The van der Waals surface area contributed by atoms with E-state index in [1.54, 1.807) is 0 Å². The molecule has 0 heterocycles. The highest BCUT2D eigenvalue weighted by molar-refractivity contribution is 7.48. The maximum Gasteiger partial charge on any atom is 0.00144 e. The summed E-state index contributed by atoms with van der Waals surface area (Å²) >= 11 is 0. The molecule has 0 radical (unpaired) electrons. The maximum atomic E-state index is 2.42. The Kier molecular flexibility index (Phi) is 3.37. The Labute approximate surface area is 88.2 Å². The van der Waals surface area contributed by atoms with Crippen molar-refractivity contribution in [1.82, 2.24) is 0 Å². The predicted octanol–water partition coefficient (Wildman–Crippen LogP) is 3.35. The molecule has 0 saturated heterocycles. The van der Waals surface area contributed by atoms with E-state index in [9.17, 15) is 0 Å². The van der Waals surface area contributed by atoms with Crippen molar-refractivity contribution < 1.29 is 0 Å². The quantitative estimate of drug-likeness (QED) is 0.523. The van der Waals surface area contributed by atoms with E-state index in [0.29, 0.717) is 0 Å². The van der Waals surface area contributed by atoms with Crippen molar-refractivity contribution in [2.45, 2.75) is 25.4 Å². The topological polar surface area (TPSA) is 0 Å². The third-order valence-corrected chi connectivity index (χ3v) is 4.59. The summed E-state index contributed by atoms with van der Waals surface area (Å²) in [6.45, 7) is 2.31. The Hall–Kier alpha value is -0.610. The van der Waals surface area contributed by atoms with Crippen LogP contribution in [0.25, 0.3) is 0 Å². The normalized spacial score (nSPS) is 26.4. The molecule has 74 valence electrons. The van der Waals surface area contributed by atoms with E-state index in [2.05, 4.69) is 49.4 Å². The predicted molar refractivity (Wildman–Crippen MR) is 65.7 cm³/mol. The first-order valence-corrected chi connectivity index (χ1v) is 6.46. The van der Waals surface area contributed by atoms with Gasteiger partial charge < -0.3 is 0 Å². The first kappa shape index (κ1) is 9.93. The van der Waals surface area contributed by atoms with Gasteiger partial charge in [-0.25, -0.2) is 0 Å². The van der Waals surface area contributed by atoms with Crippen molar-refractivity contribution in [3.63, 3.8) is 0 Å². The second kappa shape index (κ2) is 4.75. The van der Waals surface area contributed by atoms with Crippen molar-refractivity contribution >= 4 is 13.9 Å². The second-order valence-electron chi connectivity index (χ2n) is 3.87. The molecule has 0 fully saturated rings. The molecule has 3 unspecified atom stereocenters. The van der Waals surface area contributed by atoms with Gasteiger partial charge in [-0.15, -0.1) is 0 Å². The summed E-state index contributed by atoms with van der Waals surface area (Å²) in [5.74, 6) is 0.897. The van der Waals surface area contributed by atoms with Crippen molar-refractivity contribution in [3.05, 3.63) is 42.5 Å². The van der Waals surface area contributed by atoms with E-state index in [1.807, 2.05) is 0 Å². The molecule has 0 nitrogen and oxygen atoms in total. The van der Waals surface area contributed by atoms with E-state index in [4.69, 9.17) is 0 Å². The van der Waals surface area contributed by atoms with Crippen molar-refractivity contribution in [3.8, 4) is 0 Å². The van der Waals surface area contributed by atoms with Gasteiger partial charge >= 0.3 is 0 Å². The van der Waals surface area contributed by atoms with Gasteiger partial charge in [0.1, 0.15) is 0 Å². The van der Waals surface area contributed by atoms with Gasteiger partial charge in [-0.05, 0) is 17.6 Å². The van der Waals surface area contributed by atoms with Crippen LogP contribution in [0, 0.1) is 5.92 Å². The first-order chi connectivity index (χ1) is 6.90. The van der Waals surface area contributed by atoms with Gasteiger partial charge in [-0.1, -0.05) is 64.4 Å². The van der Waals surface area contributed by atoms with Gasteiger partial charge in [0.15, 0.2) is 0 Å². The Balaban J connectivity index is 2.01. The summed E-state index contributed by atoms with van der Waals surface area (Å²) < 4.78 is 0. The molecule has 2 rings (SSSR count). The molecule has 0 spiro atoms. The molecule has 1 aromatic rings. The van der Waals surface area contributed by atoms with Crippen LogP contribution in [0.4, 0.5) is 0 Å². The van der Waals surface area contributed by atoms with Gasteiger partial charge in [0.25, 0.3) is 0 Å². The van der Waals surface area contributed by atoms with Gasteiger partial charge in [0, 0.05) is 5.66 Å². The SMILES string of the molecule is CCC1CC=CC1Pc1ccccc1. The fourth-order valence-corrected chi connectivity index (χ4v) is 3.63. The molecule has 1 aliphatic rings. The van der Waals surface area contributed by atoms with Gasteiger partial charge in [0.2, 0.25) is 0 Å². The van der Waals surface area contributed by atoms with Crippen LogP contribution in [0.15, 0.2) is 42.5 Å². The standard InChI is InChI=1S/C13H17P/c1-2-11-7-6-10-13(11)14-12-8-4-3-5-9-12/h3-6,8-11,13-14H,2,7H2,1H3. The lowest BCUT2D eigenvalue weighted by Crippen LogP contribution is -2.11. The maximum absolute atomic E-state index is 2.42. The number of hydrogen-bond acceptors (Lipinski definition) is 0. The minimum atomic E-state index is 0.808. The Morgan fingerprint density at radius 2 is 2.07 bits per heavy atom. The highest BCUT2D eigenvalue weighted by atomic mass is 31.1. The van der Waals surface area contributed by atoms with Crippen molar-refractivity contribution in [2.75, 3.05) is 0 Å². The first-order valence-electron chi connectivity index (χ1n) is 5.38.